The van der Waals surface area contributed by atoms with E-state index in [0.29, 0.717) is 23.8 Å². The zero-order valence-electron chi connectivity index (χ0n) is 12.5. The van der Waals surface area contributed by atoms with Gasteiger partial charge in [-0.15, -0.1) is 0 Å². The molecule has 4 heteroatoms. The summed E-state index contributed by atoms with van der Waals surface area (Å²) in [5.74, 6) is 0.951. The number of halogens is 1. The summed E-state index contributed by atoms with van der Waals surface area (Å²) in [4.78, 5) is 2.51. The molecule has 1 unspecified atom stereocenters. The van der Waals surface area contributed by atoms with Crippen LogP contribution in [-0.2, 0) is 6.54 Å². The first-order valence-corrected chi connectivity index (χ1v) is 7.44. The van der Waals surface area contributed by atoms with Crippen molar-refractivity contribution in [2.24, 2.45) is 5.92 Å². The average Bonchev–Trinajstić information content (AvgIpc) is 2.93. The summed E-state index contributed by atoms with van der Waals surface area (Å²) in [5, 5.41) is 3.35. The minimum absolute atomic E-state index is 0.205. The van der Waals surface area contributed by atoms with E-state index in [1.54, 1.807) is 19.2 Å². The van der Waals surface area contributed by atoms with Crippen LogP contribution in [0, 0.1) is 11.7 Å². The predicted molar refractivity (Wildman–Crippen MR) is 79.5 cm³/mol. The highest BCUT2D eigenvalue weighted by Crippen LogP contribution is 2.16. The van der Waals surface area contributed by atoms with Crippen LogP contribution in [0.3, 0.4) is 0 Å². The van der Waals surface area contributed by atoms with Crippen molar-refractivity contribution in [1.82, 2.24) is 10.2 Å². The van der Waals surface area contributed by atoms with E-state index < -0.39 is 0 Å². The van der Waals surface area contributed by atoms with Crippen molar-refractivity contribution < 1.29 is 9.13 Å². The van der Waals surface area contributed by atoms with Crippen molar-refractivity contribution in [2.45, 2.75) is 26.3 Å². The fourth-order valence-electron chi connectivity index (χ4n) is 2.72. The van der Waals surface area contributed by atoms with Crippen LogP contribution in [0.1, 0.15) is 25.3 Å². The topological polar surface area (TPSA) is 24.5 Å². The van der Waals surface area contributed by atoms with Gasteiger partial charge in [0, 0.05) is 24.7 Å². The second-order valence-corrected chi connectivity index (χ2v) is 5.70. The first kappa shape index (κ1) is 15.3. The molecule has 1 aliphatic heterocycles. The Morgan fingerprint density at radius 1 is 1.35 bits per heavy atom. The highest BCUT2D eigenvalue weighted by Gasteiger charge is 2.14. The number of benzene rings is 1. The van der Waals surface area contributed by atoms with E-state index in [1.165, 1.54) is 32.0 Å². The fourth-order valence-corrected chi connectivity index (χ4v) is 2.72. The Morgan fingerprint density at radius 2 is 2.10 bits per heavy atom. The number of ether oxygens (including phenoxy) is 1. The first-order valence-electron chi connectivity index (χ1n) is 7.44. The van der Waals surface area contributed by atoms with Crippen molar-refractivity contribution in [3.8, 4) is 5.75 Å². The standard InChI is InChI=1S/C16H25FN2O/c1-13(12-19-7-3-4-8-19)10-18-11-14-5-6-15(20-2)9-16(14)17/h5-6,9,13,18H,3-4,7-8,10-12H2,1-2H3. The smallest absolute Gasteiger partial charge is 0.131 e. The molecule has 1 aromatic rings. The van der Waals surface area contributed by atoms with E-state index in [9.17, 15) is 4.39 Å². The van der Waals surface area contributed by atoms with Crippen LogP contribution >= 0.6 is 0 Å². The number of nitrogens with one attached hydrogen (secondary N) is 1. The second-order valence-electron chi connectivity index (χ2n) is 5.70. The van der Waals surface area contributed by atoms with Gasteiger partial charge in [0.1, 0.15) is 11.6 Å². The molecule has 2 rings (SSSR count). The monoisotopic (exact) mass is 280 g/mol. The highest BCUT2D eigenvalue weighted by atomic mass is 19.1. The molecule has 1 atom stereocenters. The van der Waals surface area contributed by atoms with E-state index in [0.717, 1.165) is 13.1 Å². The van der Waals surface area contributed by atoms with Gasteiger partial charge in [0.25, 0.3) is 0 Å². The lowest BCUT2D eigenvalue weighted by atomic mass is 10.1. The molecule has 1 aromatic carbocycles. The van der Waals surface area contributed by atoms with Gasteiger partial charge < -0.3 is 15.0 Å². The van der Waals surface area contributed by atoms with E-state index in [2.05, 4.69) is 17.1 Å². The van der Waals surface area contributed by atoms with Crippen LogP contribution in [0.5, 0.6) is 5.75 Å². The Hall–Kier alpha value is -1.13. The maximum atomic E-state index is 13.8. The molecule has 0 bridgehead atoms. The molecule has 0 aromatic heterocycles. The van der Waals surface area contributed by atoms with E-state index in [1.807, 2.05) is 0 Å². The molecule has 112 valence electrons. The largest absolute Gasteiger partial charge is 0.497 e. The van der Waals surface area contributed by atoms with Crippen LogP contribution in [-0.4, -0.2) is 38.2 Å². The van der Waals surface area contributed by atoms with Gasteiger partial charge in [-0.2, -0.15) is 0 Å². The van der Waals surface area contributed by atoms with Gasteiger partial charge in [0.15, 0.2) is 0 Å². The minimum Gasteiger partial charge on any atom is -0.497 e. The molecule has 0 aliphatic carbocycles. The second kappa shape index (κ2) is 7.60. The van der Waals surface area contributed by atoms with Crippen LogP contribution in [0.15, 0.2) is 18.2 Å². The molecule has 1 N–H and O–H groups in total. The van der Waals surface area contributed by atoms with Gasteiger partial charge in [0.05, 0.1) is 7.11 Å². The number of hydrogen-bond acceptors (Lipinski definition) is 3. The number of rotatable bonds is 7. The zero-order chi connectivity index (χ0) is 14.4. The summed E-state index contributed by atoms with van der Waals surface area (Å²) in [5.41, 5.74) is 0.694. The van der Waals surface area contributed by atoms with Crippen LogP contribution in [0.4, 0.5) is 4.39 Å². The quantitative estimate of drug-likeness (QED) is 0.831. The summed E-state index contributed by atoms with van der Waals surface area (Å²) in [6, 6.07) is 5.02. The van der Waals surface area contributed by atoms with Crippen molar-refractivity contribution in [3.05, 3.63) is 29.6 Å². The summed E-state index contributed by atoms with van der Waals surface area (Å²) in [6.07, 6.45) is 2.66. The van der Waals surface area contributed by atoms with Crippen LogP contribution in [0.2, 0.25) is 0 Å². The lowest BCUT2D eigenvalue weighted by molar-refractivity contribution is 0.282. The summed E-state index contributed by atoms with van der Waals surface area (Å²) in [7, 11) is 1.55. The predicted octanol–water partition coefficient (Wildman–Crippen LogP) is 2.66. The Kier molecular flexibility index (Phi) is 5.80. The number of nitrogens with zero attached hydrogens (tertiary/aromatic N) is 1. The van der Waals surface area contributed by atoms with Crippen LogP contribution < -0.4 is 10.1 Å². The molecule has 1 saturated heterocycles. The van der Waals surface area contributed by atoms with Crippen molar-refractivity contribution in [3.63, 3.8) is 0 Å². The minimum atomic E-state index is -0.205. The molecule has 1 heterocycles. The molecule has 0 amide bonds. The third kappa shape index (κ3) is 4.46. The normalized spacial score (nSPS) is 17.4. The van der Waals surface area contributed by atoms with Gasteiger partial charge >= 0.3 is 0 Å². The van der Waals surface area contributed by atoms with Crippen LogP contribution in [0.25, 0.3) is 0 Å². The molecule has 3 nitrogen and oxygen atoms in total. The van der Waals surface area contributed by atoms with Crippen molar-refractivity contribution >= 4 is 0 Å². The van der Waals surface area contributed by atoms with Gasteiger partial charge in [-0.1, -0.05) is 13.0 Å². The highest BCUT2D eigenvalue weighted by molar-refractivity contribution is 5.28. The van der Waals surface area contributed by atoms with Gasteiger partial charge in [-0.3, -0.25) is 0 Å². The Morgan fingerprint density at radius 3 is 2.75 bits per heavy atom. The zero-order valence-corrected chi connectivity index (χ0v) is 12.5. The SMILES string of the molecule is COc1ccc(CNCC(C)CN2CCCC2)c(F)c1. The molecular formula is C16H25FN2O. The summed E-state index contributed by atoms with van der Waals surface area (Å²) in [6.45, 7) is 7.34. The third-order valence-electron chi connectivity index (χ3n) is 3.84. The molecule has 1 aliphatic rings. The lowest BCUT2D eigenvalue weighted by Crippen LogP contribution is -2.31. The third-order valence-corrected chi connectivity index (χ3v) is 3.84. The van der Waals surface area contributed by atoms with Crippen molar-refractivity contribution in [2.75, 3.05) is 33.3 Å². The number of methoxy groups -OCH3 is 1. The average molecular weight is 280 g/mol. The number of hydrogen-bond donors (Lipinski definition) is 1. The van der Waals surface area contributed by atoms with Gasteiger partial charge in [-0.25, -0.2) is 4.39 Å². The van der Waals surface area contributed by atoms with E-state index in [-0.39, 0.29) is 5.82 Å². The van der Waals surface area contributed by atoms with E-state index in [4.69, 9.17) is 4.74 Å². The molecule has 1 fully saturated rings. The maximum absolute atomic E-state index is 13.8. The lowest BCUT2D eigenvalue weighted by Gasteiger charge is -2.20. The first-order chi connectivity index (χ1) is 9.69. The fraction of sp³-hybridized carbons (Fsp3) is 0.625. The Labute approximate surface area is 121 Å². The molecule has 0 saturated carbocycles. The van der Waals surface area contributed by atoms with E-state index >= 15 is 0 Å². The van der Waals surface area contributed by atoms with Gasteiger partial charge in [0.2, 0.25) is 0 Å². The molecule has 0 radical (unpaired) electrons. The Bertz CT molecular complexity index is 419. The Balaban J connectivity index is 1.72. The van der Waals surface area contributed by atoms with Gasteiger partial charge in [-0.05, 0) is 44.5 Å². The summed E-state index contributed by atoms with van der Waals surface area (Å²) < 4.78 is 18.8. The number of likely N-dealkylation sites (tertiary alicyclic amines) is 1. The molecule has 20 heavy (non-hydrogen) atoms. The molecular weight excluding hydrogens is 255 g/mol. The maximum Gasteiger partial charge on any atom is 0.131 e. The summed E-state index contributed by atoms with van der Waals surface area (Å²) >= 11 is 0. The molecule has 0 spiro atoms. The van der Waals surface area contributed by atoms with Crippen molar-refractivity contribution in [1.29, 1.82) is 0 Å².